The number of rotatable bonds is 5. The van der Waals surface area contributed by atoms with Crippen molar-refractivity contribution in [1.29, 1.82) is 0 Å². The Morgan fingerprint density at radius 1 is 1.29 bits per heavy atom. The van der Waals surface area contributed by atoms with Gasteiger partial charge in [0.25, 0.3) is 0 Å². The Bertz CT molecular complexity index is 362. The fourth-order valence-corrected chi connectivity index (χ4v) is 2.41. The summed E-state index contributed by atoms with van der Waals surface area (Å²) in [5.41, 5.74) is 7.57. The van der Waals surface area contributed by atoms with Crippen molar-refractivity contribution in [3.8, 4) is 0 Å². The molecule has 0 amide bonds. The van der Waals surface area contributed by atoms with Gasteiger partial charge in [0.15, 0.2) is 0 Å². The Labute approximate surface area is 108 Å². The monoisotopic (exact) mass is 253 g/mol. The highest BCUT2D eigenvalue weighted by Crippen LogP contribution is 2.22. The summed E-state index contributed by atoms with van der Waals surface area (Å²) in [4.78, 5) is 2.52. The SMILES string of the molecule is Nc1cc(Cl)ccc1NCCCN1CCCC1. The third kappa shape index (κ3) is 3.79. The van der Waals surface area contributed by atoms with Crippen LogP contribution in [0.25, 0.3) is 0 Å². The summed E-state index contributed by atoms with van der Waals surface area (Å²) >= 11 is 5.85. The molecular weight excluding hydrogens is 234 g/mol. The van der Waals surface area contributed by atoms with E-state index in [4.69, 9.17) is 17.3 Å². The number of hydrogen-bond donors (Lipinski definition) is 2. The lowest BCUT2D eigenvalue weighted by atomic mass is 10.2. The van der Waals surface area contributed by atoms with Crippen LogP contribution in [0, 0.1) is 0 Å². The van der Waals surface area contributed by atoms with Gasteiger partial charge in [-0.3, -0.25) is 0 Å². The lowest BCUT2D eigenvalue weighted by molar-refractivity contribution is 0.337. The van der Waals surface area contributed by atoms with Crippen LogP contribution in [0.3, 0.4) is 0 Å². The van der Waals surface area contributed by atoms with Crippen molar-refractivity contribution in [2.45, 2.75) is 19.3 Å². The Kier molecular flexibility index (Phi) is 4.51. The summed E-state index contributed by atoms with van der Waals surface area (Å²) in [5.74, 6) is 0. The third-order valence-electron chi connectivity index (χ3n) is 3.18. The zero-order chi connectivity index (χ0) is 12.1. The Balaban J connectivity index is 1.70. The second kappa shape index (κ2) is 6.12. The molecule has 1 saturated heterocycles. The molecule has 0 spiro atoms. The first kappa shape index (κ1) is 12.5. The highest BCUT2D eigenvalue weighted by molar-refractivity contribution is 6.31. The number of nitrogens with two attached hydrogens (primary N) is 1. The molecule has 0 atom stereocenters. The van der Waals surface area contributed by atoms with E-state index < -0.39 is 0 Å². The molecule has 3 nitrogen and oxygen atoms in total. The number of benzene rings is 1. The van der Waals surface area contributed by atoms with Crippen molar-refractivity contribution in [2.24, 2.45) is 0 Å². The standard InChI is InChI=1S/C13H20ClN3/c14-11-4-5-13(12(15)10-11)16-6-3-9-17-7-1-2-8-17/h4-5,10,16H,1-3,6-9,15H2. The number of nitrogen functional groups attached to an aromatic ring is 1. The van der Waals surface area contributed by atoms with Gasteiger partial charge in [-0.2, -0.15) is 0 Å². The molecule has 1 aromatic rings. The van der Waals surface area contributed by atoms with E-state index in [1.54, 1.807) is 6.07 Å². The maximum atomic E-state index is 5.87. The molecule has 94 valence electrons. The van der Waals surface area contributed by atoms with E-state index in [1.807, 2.05) is 12.1 Å². The fraction of sp³-hybridized carbons (Fsp3) is 0.538. The summed E-state index contributed by atoms with van der Waals surface area (Å²) in [6.45, 7) is 4.68. The largest absolute Gasteiger partial charge is 0.397 e. The maximum Gasteiger partial charge on any atom is 0.0574 e. The lowest BCUT2D eigenvalue weighted by Crippen LogP contribution is -2.22. The molecule has 0 unspecified atom stereocenters. The smallest absolute Gasteiger partial charge is 0.0574 e. The van der Waals surface area contributed by atoms with Gasteiger partial charge in [-0.05, 0) is 57.1 Å². The minimum atomic E-state index is 0.685. The third-order valence-corrected chi connectivity index (χ3v) is 3.41. The highest BCUT2D eigenvalue weighted by atomic mass is 35.5. The normalized spacial score (nSPS) is 16.3. The van der Waals surface area contributed by atoms with Crippen molar-refractivity contribution in [3.63, 3.8) is 0 Å². The van der Waals surface area contributed by atoms with Crippen LogP contribution in [0.4, 0.5) is 11.4 Å². The van der Waals surface area contributed by atoms with Crippen LogP contribution in [0.2, 0.25) is 5.02 Å². The first-order chi connectivity index (χ1) is 8.25. The van der Waals surface area contributed by atoms with Crippen LogP contribution in [0.1, 0.15) is 19.3 Å². The molecule has 2 rings (SSSR count). The van der Waals surface area contributed by atoms with E-state index in [9.17, 15) is 0 Å². The van der Waals surface area contributed by atoms with Crippen LogP contribution >= 0.6 is 11.6 Å². The van der Waals surface area contributed by atoms with Gasteiger partial charge in [0, 0.05) is 11.6 Å². The first-order valence-corrected chi connectivity index (χ1v) is 6.65. The number of nitrogens with zero attached hydrogens (tertiary/aromatic N) is 1. The first-order valence-electron chi connectivity index (χ1n) is 6.27. The molecule has 17 heavy (non-hydrogen) atoms. The maximum absolute atomic E-state index is 5.87. The average Bonchev–Trinajstić information content (AvgIpc) is 2.79. The predicted molar refractivity (Wildman–Crippen MR) is 74.6 cm³/mol. The Morgan fingerprint density at radius 2 is 2.06 bits per heavy atom. The van der Waals surface area contributed by atoms with Gasteiger partial charge >= 0.3 is 0 Å². The highest BCUT2D eigenvalue weighted by Gasteiger charge is 2.10. The summed E-state index contributed by atoms with van der Waals surface area (Å²) in [6, 6.07) is 5.58. The predicted octanol–water partition coefficient (Wildman–Crippen LogP) is 2.82. The molecule has 3 N–H and O–H groups in total. The Hall–Kier alpha value is -0.930. The molecule has 0 saturated carbocycles. The summed E-state index contributed by atoms with van der Waals surface area (Å²) in [7, 11) is 0. The number of hydrogen-bond acceptors (Lipinski definition) is 3. The number of halogens is 1. The molecule has 0 radical (unpaired) electrons. The van der Waals surface area contributed by atoms with Gasteiger partial charge in [-0.1, -0.05) is 11.6 Å². The van der Waals surface area contributed by atoms with E-state index in [1.165, 1.54) is 32.5 Å². The van der Waals surface area contributed by atoms with Crippen molar-refractivity contribution in [3.05, 3.63) is 23.2 Å². The molecule has 1 fully saturated rings. The fourth-order valence-electron chi connectivity index (χ4n) is 2.23. The van der Waals surface area contributed by atoms with Crippen molar-refractivity contribution in [2.75, 3.05) is 37.2 Å². The summed E-state index contributed by atoms with van der Waals surface area (Å²) in [6.07, 6.45) is 3.87. The lowest BCUT2D eigenvalue weighted by Gasteiger charge is -2.15. The topological polar surface area (TPSA) is 41.3 Å². The van der Waals surface area contributed by atoms with E-state index in [0.29, 0.717) is 5.02 Å². The molecule has 1 heterocycles. The molecule has 4 heteroatoms. The van der Waals surface area contributed by atoms with Crippen LogP contribution in [-0.4, -0.2) is 31.1 Å². The van der Waals surface area contributed by atoms with E-state index >= 15 is 0 Å². The van der Waals surface area contributed by atoms with E-state index in [-0.39, 0.29) is 0 Å². The van der Waals surface area contributed by atoms with E-state index in [0.717, 1.165) is 24.3 Å². The van der Waals surface area contributed by atoms with Crippen molar-refractivity contribution >= 4 is 23.0 Å². The average molecular weight is 254 g/mol. The second-order valence-electron chi connectivity index (χ2n) is 4.56. The number of nitrogens with one attached hydrogen (secondary N) is 1. The van der Waals surface area contributed by atoms with Crippen LogP contribution in [0.15, 0.2) is 18.2 Å². The zero-order valence-corrected chi connectivity index (χ0v) is 10.8. The van der Waals surface area contributed by atoms with Gasteiger partial charge in [0.2, 0.25) is 0 Å². The van der Waals surface area contributed by atoms with Gasteiger partial charge in [-0.25, -0.2) is 0 Å². The molecule has 0 bridgehead atoms. The number of anilines is 2. The van der Waals surface area contributed by atoms with Crippen LogP contribution in [-0.2, 0) is 0 Å². The van der Waals surface area contributed by atoms with Crippen LogP contribution in [0.5, 0.6) is 0 Å². The quantitative estimate of drug-likeness (QED) is 0.626. The minimum Gasteiger partial charge on any atom is -0.397 e. The molecule has 1 aliphatic rings. The molecule has 1 aromatic carbocycles. The molecule has 0 aliphatic carbocycles. The second-order valence-corrected chi connectivity index (χ2v) is 5.00. The van der Waals surface area contributed by atoms with E-state index in [2.05, 4.69) is 10.2 Å². The van der Waals surface area contributed by atoms with Gasteiger partial charge < -0.3 is 16.0 Å². The van der Waals surface area contributed by atoms with Gasteiger partial charge in [0.1, 0.15) is 0 Å². The molecule has 0 aromatic heterocycles. The number of likely N-dealkylation sites (tertiary alicyclic amines) is 1. The zero-order valence-electron chi connectivity index (χ0n) is 10.1. The summed E-state index contributed by atoms with van der Waals surface area (Å²) < 4.78 is 0. The Morgan fingerprint density at radius 3 is 2.76 bits per heavy atom. The van der Waals surface area contributed by atoms with Crippen LogP contribution < -0.4 is 11.1 Å². The minimum absolute atomic E-state index is 0.685. The molecular formula is C13H20ClN3. The van der Waals surface area contributed by atoms with Crippen molar-refractivity contribution < 1.29 is 0 Å². The molecule has 1 aliphatic heterocycles. The van der Waals surface area contributed by atoms with Crippen molar-refractivity contribution in [1.82, 2.24) is 4.90 Å². The van der Waals surface area contributed by atoms with Gasteiger partial charge in [-0.15, -0.1) is 0 Å². The summed E-state index contributed by atoms with van der Waals surface area (Å²) in [5, 5.41) is 4.04. The van der Waals surface area contributed by atoms with Gasteiger partial charge in [0.05, 0.1) is 11.4 Å².